The number of hydrogen-bond donors (Lipinski definition) is 1. The van der Waals surface area contributed by atoms with E-state index in [4.69, 9.17) is 21.6 Å². The Bertz CT molecular complexity index is 748. The third kappa shape index (κ3) is 4.74. The number of halogens is 3. The van der Waals surface area contributed by atoms with Crippen molar-refractivity contribution in [1.82, 2.24) is 0 Å². The van der Waals surface area contributed by atoms with Gasteiger partial charge in [0.2, 0.25) is 0 Å². The Morgan fingerprint density at radius 1 is 1.21 bits per heavy atom. The lowest BCUT2D eigenvalue weighted by Crippen LogP contribution is -2.06. The van der Waals surface area contributed by atoms with Gasteiger partial charge < -0.3 is 14.8 Å². The molecule has 126 valence electrons. The third-order valence-corrected chi connectivity index (χ3v) is 3.42. The van der Waals surface area contributed by atoms with E-state index in [0.29, 0.717) is 23.7 Å². The van der Waals surface area contributed by atoms with Crippen molar-refractivity contribution in [3.05, 3.63) is 52.5 Å². The van der Waals surface area contributed by atoms with Gasteiger partial charge >= 0.3 is 6.61 Å². The van der Waals surface area contributed by atoms with Gasteiger partial charge in [-0.1, -0.05) is 17.7 Å². The molecule has 1 N–H and O–H groups in total. The van der Waals surface area contributed by atoms with Crippen molar-refractivity contribution in [1.29, 1.82) is 5.26 Å². The van der Waals surface area contributed by atoms with Crippen LogP contribution in [0.1, 0.15) is 18.1 Å². The van der Waals surface area contributed by atoms with E-state index < -0.39 is 6.61 Å². The number of ether oxygens (including phenoxy) is 2. The second-order valence-corrected chi connectivity index (χ2v) is 5.16. The molecule has 0 amide bonds. The highest BCUT2D eigenvalue weighted by atomic mass is 35.5. The highest BCUT2D eigenvalue weighted by Crippen LogP contribution is 2.30. The average molecular weight is 353 g/mol. The summed E-state index contributed by atoms with van der Waals surface area (Å²) in [4.78, 5) is 0. The second kappa shape index (κ2) is 8.37. The largest absolute Gasteiger partial charge is 0.490 e. The fraction of sp³-hybridized carbons (Fsp3) is 0.235. The molecule has 0 spiro atoms. The molecule has 0 aliphatic rings. The van der Waals surface area contributed by atoms with Crippen molar-refractivity contribution in [2.24, 2.45) is 0 Å². The average Bonchev–Trinajstić information content (AvgIpc) is 2.55. The molecule has 0 aliphatic heterocycles. The van der Waals surface area contributed by atoms with Gasteiger partial charge in [0.1, 0.15) is 6.07 Å². The second-order valence-electron chi connectivity index (χ2n) is 4.75. The molecule has 2 rings (SSSR count). The maximum Gasteiger partial charge on any atom is 0.387 e. The quantitative estimate of drug-likeness (QED) is 0.775. The fourth-order valence-corrected chi connectivity index (χ4v) is 2.27. The van der Waals surface area contributed by atoms with E-state index in [1.54, 1.807) is 37.3 Å². The zero-order valence-corrected chi connectivity index (χ0v) is 13.6. The van der Waals surface area contributed by atoms with E-state index in [0.717, 1.165) is 11.3 Å². The van der Waals surface area contributed by atoms with Gasteiger partial charge in [0.15, 0.2) is 11.5 Å². The highest BCUT2D eigenvalue weighted by Gasteiger charge is 2.11. The van der Waals surface area contributed by atoms with Crippen LogP contribution in [0, 0.1) is 11.3 Å². The van der Waals surface area contributed by atoms with Crippen molar-refractivity contribution in [3.63, 3.8) is 0 Å². The van der Waals surface area contributed by atoms with Crippen LogP contribution in [0.3, 0.4) is 0 Å². The molecule has 0 aliphatic carbocycles. The van der Waals surface area contributed by atoms with Gasteiger partial charge in [0.25, 0.3) is 0 Å². The summed E-state index contributed by atoms with van der Waals surface area (Å²) in [6, 6.07) is 11.7. The summed E-state index contributed by atoms with van der Waals surface area (Å²) in [6.45, 7) is -0.386. The summed E-state index contributed by atoms with van der Waals surface area (Å²) in [5.41, 5.74) is 1.96. The van der Waals surface area contributed by atoms with Crippen LogP contribution in [0.2, 0.25) is 5.02 Å². The molecule has 2 aromatic carbocycles. The van der Waals surface area contributed by atoms with Crippen LogP contribution >= 0.6 is 11.6 Å². The van der Waals surface area contributed by atoms with Crippen molar-refractivity contribution in [3.8, 4) is 17.6 Å². The van der Waals surface area contributed by atoms with E-state index >= 15 is 0 Å². The van der Waals surface area contributed by atoms with Gasteiger partial charge in [-0.2, -0.15) is 14.0 Å². The Hall–Kier alpha value is -2.52. The predicted molar refractivity (Wildman–Crippen MR) is 87.7 cm³/mol. The monoisotopic (exact) mass is 352 g/mol. The van der Waals surface area contributed by atoms with Crippen LogP contribution in [-0.2, 0) is 6.54 Å². The normalized spacial score (nSPS) is 10.3. The van der Waals surface area contributed by atoms with Gasteiger partial charge in [-0.25, -0.2) is 0 Å². The molecule has 0 atom stereocenters. The Balaban J connectivity index is 2.11. The number of benzene rings is 2. The molecule has 24 heavy (non-hydrogen) atoms. The van der Waals surface area contributed by atoms with Crippen LogP contribution in [0.15, 0.2) is 36.4 Å². The predicted octanol–water partition coefficient (Wildman–Crippen LogP) is 4.82. The van der Waals surface area contributed by atoms with Gasteiger partial charge in [0, 0.05) is 12.2 Å². The number of nitrogens with zero attached hydrogens (tertiary/aromatic N) is 1. The summed E-state index contributed by atoms with van der Waals surface area (Å²) >= 11 is 5.98. The molecule has 2 aromatic rings. The first-order chi connectivity index (χ1) is 11.5. The van der Waals surface area contributed by atoms with Crippen molar-refractivity contribution >= 4 is 17.3 Å². The van der Waals surface area contributed by atoms with Crippen LogP contribution in [0.4, 0.5) is 14.5 Å². The van der Waals surface area contributed by atoms with Crippen molar-refractivity contribution in [2.45, 2.75) is 20.1 Å². The van der Waals surface area contributed by atoms with E-state index in [-0.39, 0.29) is 11.5 Å². The number of hydrogen-bond acceptors (Lipinski definition) is 4. The zero-order chi connectivity index (χ0) is 17.5. The zero-order valence-electron chi connectivity index (χ0n) is 12.9. The first-order valence-electron chi connectivity index (χ1n) is 7.17. The van der Waals surface area contributed by atoms with Gasteiger partial charge in [-0.3, -0.25) is 0 Å². The lowest BCUT2D eigenvalue weighted by molar-refractivity contribution is -0.0514. The molecular formula is C17H15ClF2N2O2. The van der Waals surface area contributed by atoms with E-state index in [9.17, 15) is 8.78 Å². The van der Waals surface area contributed by atoms with Gasteiger partial charge in [0.05, 0.1) is 17.2 Å². The van der Waals surface area contributed by atoms with Crippen LogP contribution in [0.5, 0.6) is 11.5 Å². The maximum absolute atomic E-state index is 12.4. The molecule has 0 bridgehead atoms. The van der Waals surface area contributed by atoms with Crippen molar-refractivity contribution < 1.29 is 18.3 Å². The smallest absolute Gasteiger partial charge is 0.387 e. The van der Waals surface area contributed by atoms with E-state index in [2.05, 4.69) is 10.1 Å². The summed E-state index contributed by atoms with van der Waals surface area (Å²) in [7, 11) is 0. The molecule has 0 radical (unpaired) electrons. The Morgan fingerprint density at radius 2 is 2.00 bits per heavy atom. The van der Waals surface area contributed by atoms with Crippen molar-refractivity contribution in [2.75, 3.05) is 11.9 Å². The van der Waals surface area contributed by atoms with Gasteiger partial charge in [-0.05, 0) is 42.8 Å². The number of rotatable bonds is 7. The molecule has 0 saturated carbocycles. The molecule has 0 unspecified atom stereocenters. The lowest BCUT2D eigenvalue weighted by Gasteiger charge is -2.13. The SMILES string of the molecule is CCOc1cc(CNc2ccc(C#N)c(Cl)c2)ccc1OC(F)F. The molecule has 0 aromatic heterocycles. The number of alkyl halides is 2. The number of anilines is 1. The molecule has 0 fully saturated rings. The van der Waals surface area contributed by atoms with E-state index in [1.165, 1.54) is 6.07 Å². The first-order valence-corrected chi connectivity index (χ1v) is 7.55. The summed E-state index contributed by atoms with van der Waals surface area (Å²) in [5, 5.41) is 12.4. The third-order valence-electron chi connectivity index (χ3n) is 3.11. The minimum atomic E-state index is -2.91. The summed E-state index contributed by atoms with van der Waals surface area (Å²) < 4.78 is 34.5. The molecule has 0 heterocycles. The van der Waals surface area contributed by atoms with Crippen LogP contribution in [0.25, 0.3) is 0 Å². The maximum atomic E-state index is 12.4. The number of nitriles is 1. The highest BCUT2D eigenvalue weighted by molar-refractivity contribution is 6.32. The first kappa shape index (κ1) is 17.8. The summed E-state index contributed by atoms with van der Waals surface area (Å²) in [5.74, 6) is 0.256. The standard InChI is InChI=1S/C17H15ClF2N2O2/c1-2-23-16-7-11(3-6-15(16)24-17(19)20)10-22-13-5-4-12(9-21)14(18)8-13/h3-8,17,22H,2,10H2,1H3. The van der Waals surface area contributed by atoms with Crippen LogP contribution in [-0.4, -0.2) is 13.2 Å². The molecular weight excluding hydrogens is 338 g/mol. The molecule has 4 nitrogen and oxygen atoms in total. The molecule has 7 heteroatoms. The molecule has 0 saturated heterocycles. The lowest BCUT2D eigenvalue weighted by atomic mass is 10.2. The minimum absolute atomic E-state index is 0.00276. The van der Waals surface area contributed by atoms with Crippen LogP contribution < -0.4 is 14.8 Å². The fourth-order valence-electron chi connectivity index (χ4n) is 2.04. The topological polar surface area (TPSA) is 54.3 Å². The van der Waals surface area contributed by atoms with E-state index in [1.807, 2.05) is 6.07 Å². The Labute approximate surface area is 143 Å². The minimum Gasteiger partial charge on any atom is -0.490 e. The van der Waals surface area contributed by atoms with Gasteiger partial charge in [-0.15, -0.1) is 0 Å². The summed E-state index contributed by atoms with van der Waals surface area (Å²) in [6.07, 6.45) is 0. The Morgan fingerprint density at radius 3 is 2.62 bits per heavy atom. The number of nitrogens with one attached hydrogen (secondary N) is 1. The Kier molecular flexibility index (Phi) is 6.21.